The standard InChI is InChI=1S/C20H17N3O/c1-20(2)15-5-3-4-6-16(15)23-18(20)12-22-19-14-11-21-10-9-13(14)7-8-17(19)24/h3-12,23H,1-2H3/b18-12+,22-19-. The lowest BCUT2D eigenvalue weighted by Crippen LogP contribution is -2.19. The van der Waals surface area contributed by atoms with Gasteiger partial charge in [-0.05, 0) is 29.3 Å². The number of anilines is 1. The van der Waals surface area contributed by atoms with Gasteiger partial charge in [0, 0.05) is 41.0 Å². The number of fused-ring (bicyclic) bond motifs is 2. The summed E-state index contributed by atoms with van der Waals surface area (Å²) in [7, 11) is 0. The van der Waals surface area contributed by atoms with Gasteiger partial charge in [0.2, 0.25) is 5.78 Å². The number of carbonyl (C=O) groups is 1. The van der Waals surface area contributed by atoms with Crippen LogP contribution in [0.4, 0.5) is 5.69 Å². The first-order valence-electron chi connectivity index (χ1n) is 7.89. The van der Waals surface area contributed by atoms with Crippen LogP contribution in [-0.4, -0.2) is 16.5 Å². The fourth-order valence-electron chi connectivity index (χ4n) is 3.17. The van der Waals surface area contributed by atoms with Crippen LogP contribution >= 0.6 is 0 Å². The van der Waals surface area contributed by atoms with Crippen molar-refractivity contribution in [3.8, 4) is 0 Å². The highest BCUT2D eigenvalue weighted by Crippen LogP contribution is 2.42. The summed E-state index contributed by atoms with van der Waals surface area (Å²) in [4.78, 5) is 20.9. The van der Waals surface area contributed by atoms with Crippen molar-refractivity contribution < 1.29 is 4.79 Å². The molecule has 0 unspecified atom stereocenters. The van der Waals surface area contributed by atoms with E-state index in [4.69, 9.17) is 0 Å². The first kappa shape index (κ1) is 14.6. The van der Waals surface area contributed by atoms with Crippen LogP contribution in [0.1, 0.15) is 30.5 Å². The van der Waals surface area contributed by atoms with E-state index in [9.17, 15) is 4.79 Å². The van der Waals surface area contributed by atoms with Crippen LogP contribution in [0.3, 0.4) is 0 Å². The minimum Gasteiger partial charge on any atom is -0.357 e. The van der Waals surface area contributed by atoms with E-state index < -0.39 is 0 Å². The number of hydrogen-bond donors (Lipinski definition) is 1. The number of aliphatic imine (C=N–C) groups is 1. The molecule has 1 aromatic carbocycles. The number of allylic oxidation sites excluding steroid dienone is 2. The highest BCUT2D eigenvalue weighted by molar-refractivity contribution is 6.52. The van der Waals surface area contributed by atoms with Gasteiger partial charge in [-0.15, -0.1) is 0 Å². The first-order valence-corrected chi connectivity index (χ1v) is 7.89. The molecule has 2 aliphatic rings. The number of carbonyl (C=O) groups excluding carboxylic acids is 1. The van der Waals surface area contributed by atoms with Crippen molar-refractivity contribution in [2.24, 2.45) is 4.99 Å². The Kier molecular flexibility index (Phi) is 3.20. The van der Waals surface area contributed by atoms with Gasteiger partial charge >= 0.3 is 0 Å². The average molecular weight is 315 g/mol. The number of nitrogens with one attached hydrogen (secondary N) is 1. The minimum atomic E-state index is -0.175. The fourth-order valence-corrected chi connectivity index (χ4v) is 3.17. The molecular weight excluding hydrogens is 298 g/mol. The fraction of sp³-hybridized carbons (Fsp3) is 0.150. The molecule has 4 heteroatoms. The summed E-state index contributed by atoms with van der Waals surface area (Å²) < 4.78 is 0. The molecule has 0 radical (unpaired) electrons. The molecular formula is C20H17N3O. The van der Waals surface area contributed by atoms with E-state index in [0.717, 1.165) is 22.5 Å². The zero-order valence-electron chi connectivity index (χ0n) is 13.6. The Morgan fingerprint density at radius 3 is 2.83 bits per heavy atom. The molecule has 0 spiro atoms. The molecule has 118 valence electrons. The lowest BCUT2D eigenvalue weighted by atomic mass is 9.84. The van der Waals surface area contributed by atoms with Gasteiger partial charge < -0.3 is 5.32 Å². The Labute approximate surface area is 140 Å². The monoisotopic (exact) mass is 315 g/mol. The second-order valence-corrected chi connectivity index (χ2v) is 6.48. The normalized spacial score (nSPS) is 20.8. The summed E-state index contributed by atoms with van der Waals surface area (Å²) in [5, 5.41) is 3.41. The van der Waals surface area contributed by atoms with E-state index in [1.54, 1.807) is 30.7 Å². The summed E-state index contributed by atoms with van der Waals surface area (Å²) in [6.07, 6.45) is 8.54. The van der Waals surface area contributed by atoms with Crippen LogP contribution < -0.4 is 5.32 Å². The highest BCUT2D eigenvalue weighted by atomic mass is 16.1. The van der Waals surface area contributed by atoms with Crippen molar-refractivity contribution in [3.05, 3.63) is 77.4 Å². The largest absolute Gasteiger partial charge is 0.357 e. The molecule has 0 amide bonds. The Hall–Kier alpha value is -3.01. The molecule has 2 aromatic rings. The molecule has 1 aliphatic carbocycles. The number of nitrogens with zero attached hydrogens (tertiary/aromatic N) is 2. The van der Waals surface area contributed by atoms with Crippen molar-refractivity contribution in [1.82, 2.24) is 4.98 Å². The van der Waals surface area contributed by atoms with Gasteiger partial charge in [0.1, 0.15) is 5.71 Å². The Balaban J connectivity index is 1.77. The third kappa shape index (κ3) is 2.19. The third-order valence-corrected chi connectivity index (χ3v) is 4.62. The van der Waals surface area contributed by atoms with Crippen molar-refractivity contribution in [1.29, 1.82) is 0 Å². The number of para-hydroxylation sites is 1. The van der Waals surface area contributed by atoms with Crippen LogP contribution in [0.25, 0.3) is 6.08 Å². The van der Waals surface area contributed by atoms with Gasteiger partial charge in [-0.2, -0.15) is 0 Å². The quantitative estimate of drug-likeness (QED) is 0.873. The summed E-state index contributed by atoms with van der Waals surface area (Å²) in [5.41, 5.74) is 5.29. The molecule has 4 rings (SSSR count). The molecule has 24 heavy (non-hydrogen) atoms. The molecule has 0 bridgehead atoms. The van der Waals surface area contributed by atoms with Gasteiger partial charge in [0.15, 0.2) is 0 Å². The van der Waals surface area contributed by atoms with Crippen LogP contribution in [0.5, 0.6) is 0 Å². The van der Waals surface area contributed by atoms with E-state index in [1.165, 1.54) is 5.56 Å². The summed E-state index contributed by atoms with van der Waals surface area (Å²) in [5.74, 6) is -0.0966. The Morgan fingerprint density at radius 1 is 1.17 bits per heavy atom. The van der Waals surface area contributed by atoms with Crippen LogP contribution in [0.15, 0.2) is 65.7 Å². The second kappa shape index (κ2) is 5.27. The topological polar surface area (TPSA) is 54.4 Å². The van der Waals surface area contributed by atoms with Gasteiger partial charge in [-0.1, -0.05) is 38.1 Å². The highest BCUT2D eigenvalue weighted by Gasteiger charge is 2.34. The number of hydrogen-bond acceptors (Lipinski definition) is 4. The smallest absolute Gasteiger partial charge is 0.204 e. The lowest BCUT2D eigenvalue weighted by Gasteiger charge is -2.19. The third-order valence-electron chi connectivity index (χ3n) is 4.62. The maximum atomic E-state index is 12.2. The van der Waals surface area contributed by atoms with Crippen LogP contribution in [-0.2, 0) is 10.2 Å². The predicted molar refractivity (Wildman–Crippen MR) is 96.0 cm³/mol. The van der Waals surface area contributed by atoms with Gasteiger partial charge in [0.25, 0.3) is 0 Å². The van der Waals surface area contributed by atoms with E-state index in [1.807, 2.05) is 18.2 Å². The molecule has 1 aliphatic heterocycles. The van der Waals surface area contributed by atoms with Crippen molar-refractivity contribution in [3.63, 3.8) is 0 Å². The average Bonchev–Trinajstić information content (AvgIpc) is 2.85. The number of pyridine rings is 1. The van der Waals surface area contributed by atoms with E-state index in [-0.39, 0.29) is 11.2 Å². The van der Waals surface area contributed by atoms with E-state index in [0.29, 0.717) is 5.71 Å². The van der Waals surface area contributed by atoms with Crippen molar-refractivity contribution in [2.75, 3.05) is 5.32 Å². The van der Waals surface area contributed by atoms with Crippen molar-refractivity contribution in [2.45, 2.75) is 19.3 Å². The molecule has 0 fully saturated rings. The first-order chi connectivity index (χ1) is 11.6. The molecule has 1 aromatic heterocycles. The number of aromatic nitrogens is 1. The predicted octanol–water partition coefficient (Wildman–Crippen LogP) is 3.71. The molecule has 0 saturated carbocycles. The van der Waals surface area contributed by atoms with Crippen LogP contribution in [0, 0.1) is 0 Å². The maximum Gasteiger partial charge on any atom is 0.204 e. The van der Waals surface area contributed by atoms with E-state index >= 15 is 0 Å². The molecule has 4 nitrogen and oxygen atoms in total. The number of rotatable bonds is 1. The minimum absolute atomic E-state index is 0.0966. The van der Waals surface area contributed by atoms with Crippen LogP contribution in [0.2, 0.25) is 0 Å². The zero-order chi connectivity index (χ0) is 16.7. The van der Waals surface area contributed by atoms with Gasteiger partial charge in [-0.25, -0.2) is 0 Å². The zero-order valence-corrected chi connectivity index (χ0v) is 13.6. The molecule has 2 heterocycles. The Morgan fingerprint density at radius 2 is 2.00 bits per heavy atom. The number of ketones is 1. The SMILES string of the molecule is CC1(C)/C(=C\N=C2/C(=O)C=Cc3ccncc32)Nc2ccccc21. The summed E-state index contributed by atoms with van der Waals surface area (Å²) in [6.45, 7) is 4.30. The van der Waals surface area contributed by atoms with Gasteiger partial charge in [0.05, 0.1) is 0 Å². The number of benzene rings is 1. The van der Waals surface area contributed by atoms with E-state index in [2.05, 4.69) is 41.3 Å². The lowest BCUT2D eigenvalue weighted by molar-refractivity contribution is -0.108. The molecule has 1 N–H and O–H groups in total. The van der Waals surface area contributed by atoms with Gasteiger partial charge in [-0.3, -0.25) is 14.8 Å². The Bertz CT molecular complexity index is 935. The molecule has 0 saturated heterocycles. The van der Waals surface area contributed by atoms with Crippen molar-refractivity contribution >= 4 is 23.3 Å². The second-order valence-electron chi connectivity index (χ2n) is 6.48. The molecule has 0 atom stereocenters. The summed E-state index contributed by atoms with van der Waals surface area (Å²) >= 11 is 0. The summed E-state index contributed by atoms with van der Waals surface area (Å²) in [6, 6.07) is 10.1. The maximum absolute atomic E-state index is 12.2.